The third-order valence-electron chi connectivity index (χ3n) is 3.85. The molecule has 2 rings (SSSR count). The molecule has 1 fully saturated rings. The molecule has 1 saturated heterocycles. The maximum atomic E-state index is 6.08. The molecule has 1 heterocycles. The number of hydrogen-bond donors (Lipinski definition) is 1. The van der Waals surface area contributed by atoms with E-state index in [2.05, 4.69) is 49.2 Å². The molecule has 0 spiro atoms. The monoisotopic (exact) mass is 276 g/mol. The van der Waals surface area contributed by atoms with Gasteiger partial charge in [-0.25, -0.2) is 0 Å². The van der Waals surface area contributed by atoms with Crippen molar-refractivity contribution in [1.82, 2.24) is 10.2 Å². The van der Waals surface area contributed by atoms with E-state index in [1.165, 1.54) is 37.1 Å². The lowest BCUT2D eigenvalue weighted by atomic mass is 10.1. The zero-order valence-corrected chi connectivity index (χ0v) is 13.1. The third kappa shape index (κ3) is 4.50. The van der Waals surface area contributed by atoms with E-state index in [-0.39, 0.29) is 0 Å². The van der Waals surface area contributed by atoms with Crippen LogP contribution in [-0.4, -0.2) is 37.2 Å². The minimum atomic E-state index is 0.493. The molecule has 0 saturated carbocycles. The van der Waals surface area contributed by atoms with Gasteiger partial charge >= 0.3 is 0 Å². The predicted molar refractivity (Wildman–Crippen MR) is 84.3 cm³/mol. The predicted octanol–water partition coefficient (Wildman–Crippen LogP) is 2.97. The molecular weight excluding hydrogens is 248 g/mol. The van der Waals surface area contributed by atoms with Crippen molar-refractivity contribution < 1.29 is 4.74 Å². The molecule has 20 heavy (non-hydrogen) atoms. The topological polar surface area (TPSA) is 24.5 Å². The van der Waals surface area contributed by atoms with Crippen molar-refractivity contribution in [2.24, 2.45) is 0 Å². The molecule has 0 atom stereocenters. The van der Waals surface area contributed by atoms with Crippen LogP contribution in [0.25, 0.3) is 0 Å². The van der Waals surface area contributed by atoms with Crippen LogP contribution < -0.4 is 10.1 Å². The van der Waals surface area contributed by atoms with E-state index in [1.807, 2.05) is 0 Å². The Bertz CT molecular complexity index is 411. The molecule has 3 heteroatoms. The van der Waals surface area contributed by atoms with Gasteiger partial charge in [0.05, 0.1) is 0 Å². The molecule has 112 valence electrons. The molecule has 0 amide bonds. The molecule has 0 aromatic heterocycles. The second-order valence-corrected chi connectivity index (χ2v) is 6.00. The first-order valence-corrected chi connectivity index (χ1v) is 7.84. The Morgan fingerprint density at radius 2 is 2.00 bits per heavy atom. The summed E-state index contributed by atoms with van der Waals surface area (Å²) in [4.78, 5) is 2.49. The first kappa shape index (κ1) is 15.3. The van der Waals surface area contributed by atoms with Gasteiger partial charge < -0.3 is 10.1 Å². The second kappa shape index (κ2) is 7.65. The molecule has 0 unspecified atom stereocenters. The molecule has 0 aliphatic carbocycles. The summed E-state index contributed by atoms with van der Waals surface area (Å²) in [5, 5.41) is 3.47. The van der Waals surface area contributed by atoms with Crippen molar-refractivity contribution in [3.8, 4) is 5.75 Å². The SMILES string of the molecule is Cc1cccc(CNC(C)C)c1OCCN1CCCC1. The van der Waals surface area contributed by atoms with Gasteiger partial charge in [0.25, 0.3) is 0 Å². The number of nitrogens with zero attached hydrogens (tertiary/aromatic N) is 1. The average molecular weight is 276 g/mol. The minimum Gasteiger partial charge on any atom is -0.492 e. The number of benzene rings is 1. The summed E-state index contributed by atoms with van der Waals surface area (Å²) in [7, 11) is 0. The van der Waals surface area contributed by atoms with Crippen LogP contribution in [0, 0.1) is 6.92 Å². The smallest absolute Gasteiger partial charge is 0.126 e. The third-order valence-corrected chi connectivity index (χ3v) is 3.85. The van der Waals surface area contributed by atoms with E-state index in [1.54, 1.807) is 0 Å². The number of nitrogens with one attached hydrogen (secondary N) is 1. The Labute approximate surface area is 123 Å². The van der Waals surface area contributed by atoms with E-state index in [0.717, 1.165) is 25.4 Å². The van der Waals surface area contributed by atoms with Gasteiger partial charge in [0.2, 0.25) is 0 Å². The van der Waals surface area contributed by atoms with Crippen LogP contribution in [0.4, 0.5) is 0 Å². The highest BCUT2D eigenvalue weighted by atomic mass is 16.5. The number of para-hydroxylation sites is 1. The molecule has 1 aliphatic rings. The Hall–Kier alpha value is -1.06. The van der Waals surface area contributed by atoms with Gasteiger partial charge in [0.1, 0.15) is 12.4 Å². The van der Waals surface area contributed by atoms with Crippen molar-refractivity contribution in [3.05, 3.63) is 29.3 Å². The zero-order chi connectivity index (χ0) is 14.4. The van der Waals surface area contributed by atoms with Gasteiger partial charge in [0.15, 0.2) is 0 Å². The van der Waals surface area contributed by atoms with Crippen molar-refractivity contribution >= 4 is 0 Å². The zero-order valence-electron chi connectivity index (χ0n) is 13.1. The van der Waals surface area contributed by atoms with Crippen LogP contribution in [0.1, 0.15) is 37.8 Å². The van der Waals surface area contributed by atoms with E-state index in [4.69, 9.17) is 4.74 Å². The number of rotatable bonds is 7. The molecule has 0 bridgehead atoms. The summed E-state index contributed by atoms with van der Waals surface area (Å²) in [6, 6.07) is 6.89. The van der Waals surface area contributed by atoms with Crippen molar-refractivity contribution in [2.75, 3.05) is 26.2 Å². The lowest BCUT2D eigenvalue weighted by Gasteiger charge is -2.18. The molecule has 1 aliphatic heterocycles. The van der Waals surface area contributed by atoms with Crippen molar-refractivity contribution in [1.29, 1.82) is 0 Å². The first-order chi connectivity index (χ1) is 9.66. The van der Waals surface area contributed by atoms with Crippen LogP contribution >= 0.6 is 0 Å². The number of hydrogen-bond acceptors (Lipinski definition) is 3. The van der Waals surface area contributed by atoms with Crippen LogP contribution in [0.15, 0.2) is 18.2 Å². The maximum Gasteiger partial charge on any atom is 0.126 e. The lowest BCUT2D eigenvalue weighted by Crippen LogP contribution is -2.26. The highest BCUT2D eigenvalue weighted by Gasteiger charge is 2.12. The normalized spacial score (nSPS) is 16.0. The summed E-state index contributed by atoms with van der Waals surface area (Å²) in [5.74, 6) is 1.07. The Kier molecular flexibility index (Phi) is 5.86. The number of ether oxygens (including phenoxy) is 1. The number of likely N-dealkylation sites (tertiary alicyclic amines) is 1. The minimum absolute atomic E-state index is 0.493. The van der Waals surface area contributed by atoms with Crippen LogP contribution in [0.3, 0.4) is 0 Å². The summed E-state index contributed by atoms with van der Waals surface area (Å²) in [6.07, 6.45) is 2.68. The van der Waals surface area contributed by atoms with E-state index in [9.17, 15) is 0 Å². The van der Waals surface area contributed by atoms with Crippen LogP contribution in [0.5, 0.6) is 5.75 Å². The van der Waals surface area contributed by atoms with Gasteiger partial charge in [-0.05, 0) is 38.4 Å². The van der Waals surface area contributed by atoms with Gasteiger partial charge in [-0.3, -0.25) is 4.90 Å². The second-order valence-electron chi connectivity index (χ2n) is 6.00. The van der Waals surface area contributed by atoms with E-state index < -0.39 is 0 Å². The maximum absolute atomic E-state index is 6.08. The van der Waals surface area contributed by atoms with Crippen LogP contribution in [0.2, 0.25) is 0 Å². The molecule has 0 radical (unpaired) electrons. The summed E-state index contributed by atoms with van der Waals surface area (Å²) in [5.41, 5.74) is 2.50. The summed E-state index contributed by atoms with van der Waals surface area (Å²) in [6.45, 7) is 11.7. The van der Waals surface area contributed by atoms with Gasteiger partial charge in [-0.15, -0.1) is 0 Å². The van der Waals surface area contributed by atoms with Gasteiger partial charge in [-0.2, -0.15) is 0 Å². The highest BCUT2D eigenvalue weighted by molar-refractivity contribution is 5.40. The Morgan fingerprint density at radius 1 is 1.25 bits per heavy atom. The summed E-state index contributed by atoms with van der Waals surface area (Å²) < 4.78 is 6.08. The van der Waals surface area contributed by atoms with Gasteiger partial charge in [0, 0.05) is 24.7 Å². The fraction of sp³-hybridized carbons (Fsp3) is 0.647. The lowest BCUT2D eigenvalue weighted by molar-refractivity contribution is 0.235. The summed E-state index contributed by atoms with van der Waals surface area (Å²) >= 11 is 0. The molecule has 3 nitrogen and oxygen atoms in total. The quantitative estimate of drug-likeness (QED) is 0.828. The van der Waals surface area contributed by atoms with Crippen LogP contribution in [-0.2, 0) is 6.54 Å². The fourth-order valence-corrected chi connectivity index (χ4v) is 2.66. The first-order valence-electron chi connectivity index (χ1n) is 7.84. The fourth-order valence-electron chi connectivity index (χ4n) is 2.66. The largest absolute Gasteiger partial charge is 0.492 e. The average Bonchev–Trinajstić information content (AvgIpc) is 2.92. The molecular formula is C17H28N2O. The standard InChI is InChI=1S/C17H28N2O/c1-14(2)18-13-16-8-6-7-15(3)17(16)20-12-11-19-9-4-5-10-19/h6-8,14,18H,4-5,9-13H2,1-3H3. The number of aryl methyl sites for hydroxylation is 1. The highest BCUT2D eigenvalue weighted by Crippen LogP contribution is 2.23. The Morgan fingerprint density at radius 3 is 2.70 bits per heavy atom. The molecule has 1 aromatic rings. The van der Waals surface area contributed by atoms with Gasteiger partial charge in [-0.1, -0.05) is 32.0 Å². The van der Waals surface area contributed by atoms with E-state index in [0.29, 0.717) is 6.04 Å². The molecule has 1 N–H and O–H groups in total. The van der Waals surface area contributed by atoms with E-state index >= 15 is 0 Å². The van der Waals surface area contributed by atoms with Crippen molar-refractivity contribution in [2.45, 2.75) is 46.2 Å². The molecule has 1 aromatic carbocycles. The van der Waals surface area contributed by atoms with Crippen molar-refractivity contribution in [3.63, 3.8) is 0 Å². The Balaban J connectivity index is 1.90.